The summed E-state index contributed by atoms with van der Waals surface area (Å²) in [6.07, 6.45) is 0. The maximum atomic E-state index is 12.2. The van der Waals surface area contributed by atoms with Crippen LogP contribution in [0.4, 0.5) is 5.82 Å². The lowest BCUT2D eigenvalue weighted by Gasteiger charge is -2.26. The number of hydrogen-bond donors (Lipinski definition) is 2. The number of aromatic amines is 1. The van der Waals surface area contributed by atoms with Crippen molar-refractivity contribution >= 4 is 37.6 Å². The first-order valence-electron chi connectivity index (χ1n) is 7.77. The lowest BCUT2D eigenvalue weighted by Crippen LogP contribution is -2.39. The molecule has 1 saturated heterocycles. The summed E-state index contributed by atoms with van der Waals surface area (Å²) in [4.78, 5) is 22.9. The van der Waals surface area contributed by atoms with Gasteiger partial charge in [0.2, 0.25) is 0 Å². The molecule has 0 unspecified atom stereocenters. The van der Waals surface area contributed by atoms with E-state index < -0.39 is 0 Å². The summed E-state index contributed by atoms with van der Waals surface area (Å²) in [6, 6.07) is 8.03. The molecule has 4 rings (SSSR count). The molecule has 0 radical (unpaired) electrons. The number of benzene rings is 1. The standard InChI is InChI=1S/C16H18N4O2S/c21-15-14(17-5-6-20-7-9-22-10-8-20)19-16-13(18-15)11-3-1-2-4-12(11)23-16/h1-4H,5-10H2,(H,17,19)(H,18,21). The van der Waals surface area contributed by atoms with Gasteiger partial charge >= 0.3 is 0 Å². The van der Waals surface area contributed by atoms with E-state index in [9.17, 15) is 4.79 Å². The van der Waals surface area contributed by atoms with E-state index in [1.807, 2.05) is 24.3 Å². The monoisotopic (exact) mass is 330 g/mol. The molecule has 0 aliphatic carbocycles. The predicted octanol–water partition coefficient (Wildman–Crippen LogP) is 1.88. The Hall–Kier alpha value is -1.96. The molecule has 2 aromatic heterocycles. The number of H-pyrrole nitrogens is 1. The van der Waals surface area contributed by atoms with Gasteiger partial charge in [-0.2, -0.15) is 0 Å². The Bertz CT molecular complexity index is 883. The third kappa shape index (κ3) is 2.95. The van der Waals surface area contributed by atoms with Crippen LogP contribution in [0, 0.1) is 0 Å². The van der Waals surface area contributed by atoms with Crippen molar-refractivity contribution < 1.29 is 4.74 Å². The maximum absolute atomic E-state index is 12.2. The number of rotatable bonds is 4. The lowest BCUT2D eigenvalue weighted by molar-refractivity contribution is 0.0398. The number of anilines is 1. The largest absolute Gasteiger partial charge is 0.379 e. The first kappa shape index (κ1) is 14.6. The highest BCUT2D eigenvalue weighted by atomic mass is 32.1. The number of thiophene rings is 1. The quantitative estimate of drug-likeness (QED) is 0.764. The van der Waals surface area contributed by atoms with Gasteiger partial charge in [0, 0.05) is 36.3 Å². The van der Waals surface area contributed by atoms with Crippen LogP contribution in [0.15, 0.2) is 29.1 Å². The molecule has 0 saturated carbocycles. The Kier molecular flexibility index (Phi) is 3.99. The van der Waals surface area contributed by atoms with Crippen molar-refractivity contribution in [3.05, 3.63) is 34.6 Å². The van der Waals surface area contributed by atoms with Crippen LogP contribution in [0.2, 0.25) is 0 Å². The van der Waals surface area contributed by atoms with E-state index in [2.05, 4.69) is 20.2 Å². The van der Waals surface area contributed by atoms with Crippen molar-refractivity contribution in [2.45, 2.75) is 0 Å². The number of nitrogens with one attached hydrogen (secondary N) is 2. The van der Waals surface area contributed by atoms with E-state index in [1.165, 1.54) is 0 Å². The number of morpholine rings is 1. The highest BCUT2D eigenvalue weighted by Crippen LogP contribution is 2.30. The van der Waals surface area contributed by atoms with Gasteiger partial charge in [0.15, 0.2) is 5.82 Å². The van der Waals surface area contributed by atoms with Crippen LogP contribution in [0.1, 0.15) is 0 Å². The molecule has 7 heteroatoms. The number of hydrogen-bond acceptors (Lipinski definition) is 6. The van der Waals surface area contributed by atoms with E-state index in [4.69, 9.17) is 4.74 Å². The van der Waals surface area contributed by atoms with Gasteiger partial charge in [-0.25, -0.2) is 4.98 Å². The Morgan fingerprint density at radius 1 is 1.30 bits per heavy atom. The fourth-order valence-electron chi connectivity index (χ4n) is 2.83. The summed E-state index contributed by atoms with van der Waals surface area (Å²) >= 11 is 1.60. The molecule has 0 spiro atoms. The molecule has 1 aromatic carbocycles. The molecule has 6 nitrogen and oxygen atoms in total. The van der Waals surface area contributed by atoms with Crippen molar-refractivity contribution in [3.63, 3.8) is 0 Å². The van der Waals surface area contributed by atoms with Crippen LogP contribution < -0.4 is 10.9 Å². The minimum absolute atomic E-state index is 0.164. The van der Waals surface area contributed by atoms with E-state index in [0.29, 0.717) is 12.4 Å². The van der Waals surface area contributed by atoms with Gasteiger partial charge in [0.25, 0.3) is 5.56 Å². The second-order valence-corrected chi connectivity index (χ2v) is 6.60. The summed E-state index contributed by atoms with van der Waals surface area (Å²) in [5.74, 6) is 0.400. The first-order valence-corrected chi connectivity index (χ1v) is 8.58. The normalized spacial score (nSPS) is 16.2. The zero-order valence-corrected chi connectivity index (χ0v) is 13.5. The molecule has 3 heterocycles. The average Bonchev–Trinajstić information content (AvgIpc) is 2.93. The number of nitrogens with zero attached hydrogens (tertiary/aromatic N) is 2. The molecular weight excluding hydrogens is 312 g/mol. The van der Waals surface area contributed by atoms with E-state index >= 15 is 0 Å². The SMILES string of the molecule is O=c1[nH]c2c(nc1NCCN1CCOCC1)sc1ccccc12. The Morgan fingerprint density at radius 3 is 3.00 bits per heavy atom. The molecule has 3 aromatic rings. The zero-order chi connectivity index (χ0) is 15.6. The fourth-order valence-corrected chi connectivity index (χ4v) is 3.87. The van der Waals surface area contributed by atoms with Gasteiger partial charge in [-0.05, 0) is 6.07 Å². The van der Waals surface area contributed by atoms with Crippen LogP contribution in [0.5, 0.6) is 0 Å². The minimum atomic E-state index is -0.164. The minimum Gasteiger partial charge on any atom is -0.379 e. The highest BCUT2D eigenvalue weighted by molar-refractivity contribution is 7.25. The number of fused-ring (bicyclic) bond motifs is 3. The fraction of sp³-hybridized carbons (Fsp3) is 0.375. The topological polar surface area (TPSA) is 70.2 Å². The van der Waals surface area contributed by atoms with Crippen molar-refractivity contribution in [2.75, 3.05) is 44.7 Å². The molecule has 1 aliphatic rings. The van der Waals surface area contributed by atoms with Gasteiger partial charge in [-0.1, -0.05) is 18.2 Å². The average molecular weight is 330 g/mol. The summed E-state index contributed by atoms with van der Waals surface area (Å²) in [6.45, 7) is 5.04. The van der Waals surface area contributed by atoms with E-state index in [0.717, 1.165) is 53.3 Å². The van der Waals surface area contributed by atoms with Gasteiger partial charge in [-0.15, -0.1) is 11.3 Å². The number of aromatic nitrogens is 2. The Labute approximate surface area is 137 Å². The van der Waals surface area contributed by atoms with Crippen LogP contribution in [0.25, 0.3) is 20.4 Å². The Morgan fingerprint density at radius 2 is 2.13 bits per heavy atom. The second kappa shape index (κ2) is 6.27. The zero-order valence-electron chi connectivity index (χ0n) is 12.7. The lowest BCUT2D eigenvalue weighted by atomic mass is 10.2. The molecule has 0 atom stereocenters. The highest BCUT2D eigenvalue weighted by Gasteiger charge is 2.12. The van der Waals surface area contributed by atoms with Crippen molar-refractivity contribution in [1.29, 1.82) is 0 Å². The van der Waals surface area contributed by atoms with Gasteiger partial charge in [0.05, 0.1) is 18.7 Å². The van der Waals surface area contributed by atoms with Crippen molar-refractivity contribution in [3.8, 4) is 0 Å². The first-order chi connectivity index (χ1) is 11.3. The van der Waals surface area contributed by atoms with E-state index in [-0.39, 0.29) is 5.56 Å². The molecule has 2 N–H and O–H groups in total. The molecule has 23 heavy (non-hydrogen) atoms. The Balaban J connectivity index is 1.54. The summed E-state index contributed by atoms with van der Waals surface area (Å²) in [5, 5.41) is 4.22. The predicted molar refractivity (Wildman–Crippen MR) is 93.5 cm³/mol. The van der Waals surface area contributed by atoms with Crippen LogP contribution in [0.3, 0.4) is 0 Å². The third-order valence-corrected chi connectivity index (χ3v) is 5.13. The third-order valence-electron chi connectivity index (χ3n) is 4.07. The van der Waals surface area contributed by atoms with Crippen molar-refractivity contribution in [2.24, 2.45) is 0 Å². The molecule has 1 aliphatic heterocycles. The summed E-state index contributed by atoms with van der Waals surface area (Å²) < 4.78 is 6.47. The van der Waals surface area contributed by atoms with Crippen LogP contribution in [-0.2, 0) is 4.74 Å². The number of ether oxygens (including phenoxy) is 1. The van der Waals surface area contributed by atoms with Gasteiger partial charge < -0.3 is 15.0 Å². The summed E-state index contributed by atoms with van der Waals surface area (Å²) in [7, 11) is 0. The molecule has 0 bridgehead atoms. The smallest absolute Gasteiger partial charge is 0.291 e. The van der Waals surface area contributed by atoms with Crippen LogP contribution in [-0.4, -0.2) is 54.3 Å². The maximum Gasteiger partial charge on any atom is 0.291 e. The molecule has 120 valence electrons. The van der Waals surface area contributed by atoms with Gasteiger partial charge in [-0.3, -0.25) is 9.69 Å². The molecular formula is C16H18N4O2S. The van der Waals surface area contributed by atoms with Crippen molar-refractivity contribution in [1.82, 2.24) is 14.9 Å². The molecule has 0 amide bonds. The summed E-state index contributed by atoms with van der Waals surface area (Å²) in [5.41, 5.74) is 0.664. The second-order valence-electron chi connectivity index (χ2n) is 5.57. The molecule has 1 fully saturated rings. The van der Waals surface area contributed by atoms with Crippen LogP contribution >= 0.6 is 11.3 Å². The van der Waals surface area contributed by atoms with Gasteiger partial charge in [0.1, 0.15) is 4.83 Å². The van der Waals surface area contributed by atoms with E-state index in [1.54, 1.807) is 11.3 Å².